The van der Waals surface area contributed by atoms with Crippen LogP contribution in [0.2, 0.25) is 0 Å². The maximum atomic E-state index is 6.09. The summed E-state index contributed by atoms with van der Waals surface area (Å²) in [4.78, 5) is 0. The molecule has 0 aliphatic heterocycles. The molecule has 1 heterocycles. The zero-order chi connectivity index (χ0) is 11.8. The van der Waals surface area contributed by atoms with E-state index in [9.17, 15) is 0 Å². The number of anilines is 1. The zero-order valence-corrected chi connectivity index (χ0v) is 9.72. The number of nitrogens with zero attached hydrogens (tertiary/aromatic N) is 1. The van der Waals surface area contributed by atoms with Crippen LogP contribution in [0.1, 0.15) is 5.56 Å². The molecule has 0 spiro atoms. The van der Waals surface area contributed by atoms with E-state index >= 15 is 0 Å². The smallest absolute Gasteiger partial charge is 0.108 e. The van der Waals surface area contributed by atoms with Gasteiger partial charge in [-0.2, -0.15) is 0 Å². The van der Waals surface area contributed by atoms with E-state index in [4.69, 9.17) is 5.73 Å². The molecule has 1 aromatic heterocycles. The van der Waals surface area contributed by atoms with Crippen LogP contribution in [0, 0.1) is 6.92 Å². The van der Waals surface area contributed by atoms with E-state index in [0.29, 0.717) is 0 Å². The molecular weight excluding hydrogens is 208 g/mol. The van der Waals surface area contributed by atoms with Gasteiger partial charge in [0, 0.05) is 11.1 Å². The SMILES string of the molecule is Cc1ccc(-n2c(N)cc3ccccc32)cc1. The first-order valence-corrected chi connectivity index (χ1v) is 5.69. The quantitative estimate of drug-likeness (QED) is 0.671. The summed E-state index contributed by atoms with van der Waals surface area (Å²) in [7, 11) is 0. The lowest BCUT2D eigenvalue weighted by atomic mass is 10.2. The van der Waals surface area contributed by atoms with E-state index in [2.05, 4.69) is 47.9 Å². The lowest BCUT2D eigenvalue weighted by Crippen LogP contribution is -1.99. The fourth-order valence-electron chi connectivity index (χ4n) is 2.16. The predicted molar refractivity (Wildman–Crippen MR) is 72.4 cm³/mol. The largest absolute Gasteiger partial charge is 0.385 e. The van der Waals surface area contributed by atoms with Crippen molar-refractivity contribution >= 4 is 16.7 Å². The molecule has 2 N–H and O–H groups in total. The second-order valence-electron chi connectivity index (χ2n) is 4.30. The number of aryl methyl sites for hydroxylation is 1. The summed E-state index contributed by atoms with van der Waals surface area (Å²) in [5.74, 6) is 0.773. The number of aromatic nitrogens is 1. The number of hydrogen-bond donors (Lipinski definition) is 1. The average molecular weight is 222 g/mol. The van der Waals surface area contributed by atoms with Crippen LogP contribution in [0.3, 0.4) is 0 Å². The molecular formula is C15H14N2. The molecule has 0 aliphatic carbocycles. The number of para-hydroxylation sites is 1. The van der Waals surface area contributed by atoms with E-state index in [1.54, 1.807) is 0 Å². The summed E-state index contributed by atoms with van der Waals surface area (Å²) < 4.78 is 2.08. The van der Waals surface area contributed by atoms with Crippen LogP contribution in [-0.4, -0.2) is 4.57 Å². The van der Waals surface area contributed by atoms with Gasteiger partial charge in [0.2, 0.25) is 0 Å². The molecule has 0 saturated heterocycles. The van der Waals surface area contributed by atoms with Gasteiger partial charge < -0.3 is 5.73 Å². The summed E-state index contributed by atoms with van der Waals surface area (Å²) >= 11 is 0. The van der Waals surface area contributed by atoms with Crippen LogP contribution in [0.15, 0.2) is 54.6 Å². The fourth-order valence-corrected chi connectivity index (χ4v) is 2.16. The molecule has 0 bridgehead atoms. The Kier molecular flexibility index (Phi) is 2.15. The van der Waals surface area contributed by atoms with Crippen molar-refractivity contribution in [2.45, 2.75) is 6.92 Å². The first-order chi connectivity index (χ1) is 8.25. The van der Waals surface area contributed by atoms with Crippen molar-refractivity contribution in [1.29, 1.82) is 0 Å². The van der Waals surface area contributed by atoms with Gasteiger partial charge >= 0.3 is 0 Å². The number of rotatable bonds is 1. The van der Waals surface area contributed by atoms with Crippen LogP contribution in [0.4, 0.5) is 5.82 Å². The molecule has 3 rings (SSSR count). The Labute approximate surface area is 100 Å². The molecule has 3 aromatic rings. The Morgan fingerprint density at radius 1 is 0.941 bits per heavy atom. The highest BCUT2D eigenvalue weighted by Crippen LogP contribution is 2.25. The van der Waals surface area contributed by atoms with Crippen LogP contribution in [0.5, 0.6) is 0 Å². The number of hydrogen-bond acceptors (Lipinski definition) is 1. The van der Waals surface area contributed by atoms with E-state index < -0.39 is 0 Å². The highest BCUT2D eigenvalue weighted by atomic mass is 15.0. The van der Waals surface area contributed by atoms with Gasteiger partial charge in [0.1, 0.15) is 5.82 Å². The monoisotopic (exact) mass is 222 g/mol. The minimum absolute atomic E-state index is 0.773. The third-order valence-corrected chi connectivity index (χ3v) is 3.03. The fraction of sp³-hybridized carbons (Fsp3) is 0.0667. The first-order valence-electron chi connectivity index (χ1n) is 5.69. The summed E-state index contributed by atoms with van der Waals surface area (Å²) in [6, 6.07) is 18.6. The zero-order valence-electron chi connectivity index (χ0n) is 9.72. The van der Waals surface area contributed by atoms with E-state index in [1.807, 2.05) is 18.2 Å². The van der Waals surface area contributed by atoms with Gasteiger partial charge in [0.05, 0.1) is 5.52 Å². The Morgan fingerprint density at radius 2 is 1.65 bits per heavy atom. The minimum Gasteiger partial charge on any atom is -0.385 e. The van der Waals surface area contributed by atoms with E-state index in [-0.39, 0.29) is 0 Å². The van der Waals surface area contributed by atoms with Gasteiger partial charge in [0.25, 0.3) is 0 Å². The summed E-state index contributed by atoms with van der Waals surface area (Å²) in [5, 5.41) is 1.17. The predicted octanol–water partition coefficient (Wildman–Crippen LogP) is 3.52. The lowest BCUT2D eigenvalue weighted by molar-refractivity contribution is 1.14. The number of nitrogens with two attached hydrogens (primary N) is 1. The first kappa shape index (κ1) is 9.97. The Morgan fingerprint density at radius 3 is 2.41 bits per heavy atom. The summed E-state index contributed by atoms with van der Waals surface area (Å²) in [6.45, 7) is 2.08. The molecule has 0 aliphatic rings. The van der Waals surface area contributed by atoms with Crippen molar-refractivity contribution in [2.75, 3.05) is 5.73 Å². The Hall–Kier alpha value is -2.22. The maximum absolute atomic E-state index is 6.09. The van der Waals surface area contributed by atoms with Crippen LogP contribution < -0.4 is 5.73 Å². The van der Waals surface area contributed by atoms with Crippen LogP contribution >= 0.6 is 0 Å². The standard InChI is InChI=1S/C15H14N2/c1-11-6-8-13(9-7-11)17-14-5-3-2-4-12(14)10-15(17)16/h2-10H,16H2,1H3. The van der Waals surface area contributed by atoms with Gasteiger partial charge in [-0.3, -0.25) is 4.57 Å². The molecule has 0 saturated carbocycles. The molecule has 2 nitrogen and oxygen atoms in total. The van der Waals surface area contributed by atoms with Crippen molar-refractivity contribution < 1.29 is 0 Å². The molecule has 0 radical (unpaired) electrons. The normalized spacial score (nSPS) is 10.9. The highest BCUT2D eigenvalue weighted by Gasteiger charge is 2.06. The van der Waals surface area contributed by atoms with Gasteiger partial charge in [0.15, 0.2) is 0 Å². The lowest BCUT2D eigenvalue weighted by Gasteiger charge is -2.08. The van der Waals surface area contributed by atoms with Gasteiger partial charge in [-0.05, 0) is 31.2 Å². The molecule has 17 heavy (non-hydrogen) atoms. The third-order valence-electron chi connectivity index (χ3n) is 3.03. The molecule has 0 atom stereocenters. The third kappa shape index (κ3) is 1.58. The topological polar surface area (TPSA) is 30.9 Å². The van der Waals surface area contributed by atoms with Gasteiger partial charge in [-0.25, -0.2) is 0 Å². The second kappa shape index (κ2) is 3.67. The highest BCUT2D eigenvalue weighted by molar-refractivity contribution is 5.86. The van der Waals surface area contributed by atoms with Crippen molar-refractivity contribution in [3.05, 3.63) is 60.2 Å². The molecule has 2 aromatic carbocycles. The van der Waals surface area contributed by atoms with Crippen LogP contribution in [0.25, 0.3) is 16.6 Å². The number of benzene rings is 2. The van der Waals surface area contributed by atoms with E-state index in [0.717, 1.165) is 17.0 Å². The van der Waals surface area contributed by atoms with E-state index in [1.165, 1.54) is 10.9 Å². The number of fused-ring (bicyclic) bond motifs is 1. The van der Waals surface area contributed by atoms with Gasteiger partial charge in [-0.1, -0.05) is 35.9 Å². The van der Waals surface area contributed by atoms with Crippen LogP contribution in [-0.2, 0) is 0 Å². The number of nitrogen functional groups attached to an aromatic ring is 1. The molecule has 0 fully saturated rings. The second-order valence-corrected chi connectivity index (χ2v) is 4.30. The minimum atomic E-state index is 0.773. The Bertz CT molecular complexity index is 663. The van der Waals surface area contributed by atoms with Crippen molar-refractivity contribution in [1.82, 2.24) is 4.57 Å². The molecule has 0 amide bonds. The average Bonchev–Trinajstić information content (AvgIpc) is 2.66. The maximum Gasteiger partial charge on any atom is 0.108 e. The van der Waals surface area contributed by atoms with Crippen molar-refractivity contribution in [2.24, 2.45) is 0 Å². The summed E-state index contributed by atoms with van der Waals surface area (Å²) in [5.41, 5.74) is 9.59. The van der Waals surface area contributed by atoms with Crippen molar-refractivity contribution in [3.63, 3.8) is 0 Å². The molecule has 84 valence electrons. The molecule has 2 heteroatoms. The molecule has 0 unspecified atom stereocenters. The van der Waals surface area contributed by atoms with Crippen molar-refractivity contribution in [3.8, 4) is 5.69 Å². The van der Waals surface area contributed by atoms with Gasteiger partial charge in [-0.15, -0.1) is 0 Å². The summed E-state index contributed by atoms with van der Waals surface area (Å²) in [6.07, 6.45) is 0. The Balaban J connectivity index is 2.29.